The van der Waals surface area contributed by atoms with Crippen LogP contribution >= 0.6 is 23.7 Å². The van der Waals surface area contributed by atoms with Gasteiger partial charge < -0.3 is 15.4 Å². The maximum atomic E-state index is 11.7. The minimum atomic E-state index is 0. The molecule has 1 unspecified atom stereocenters. The number of thiazole rings is 1. The van der Waals surface area contributed by atoms with Crippen molar-refractivity contribution in [3.8, 4) is 0 Å². The first-order chi connectivity index (χ1) is 8.78. The first kappa shape index (κ1) is 16.4. The third-order valence-electron chi connectivity index (χ3n) is 2.82. The molecule has 1 aliphatic rings. The lowest BCUT2D eigenvalue weighted by molar-refractivity contribution is -0.124. The average molecular weight is 306 g/mol. The van der Waals surface area contributed by atoms with Gasteiger partial charge in [-0.05, 0) is 6.42 Å². The van der Waals surface area contributed by atoms with E-state index in [9.17, 15) is 4.79 Å². The van der Waals surface area contributed by atoms with Crippen molar-refractivity contribution in [3.05, 3.63) is 16.1 Å². The molecule has 1 fully saturated rings. The second kappa shape index (κ2) is 8.47. The van der Waals surface area contributed by atoms with E-state index in [0.29, 0.717) is 19.6 Å². The van der Waals surface area contributed by atoms with E-state index < -0.39 is 0 Å². The first-order valence-corrected chi connectivity index (χ1v) is 7.18. The van der Waals surface area contributed by atoms with Crippen molar-refractivity contribution in [1.82, 2.24) is 15.6 Å². The summed E-state index contributed by atoms with van der Waals surface area (Å²) in [5.41, 5.74) is 1.09. The van der Waals surface area contributed by atoms with Gasteiger partial charge in [0, 0.05) is 18.5 Å². The number of hydrogen-bond acceptors (Lipinski definition) is 5. The van der Waals surface area contributed by atoms with E-state index in [1.807, 2.05) is 5.38 Å². The fourth-order valence-corrected chi connectivity index (χ4v) is 2.61. The summed E-state index contributed by atoms with van der Waals surface area (Å²) in [7, 11) is 0. The van der Waals surface area contributed by atoms with Crippen LogP contribution in [0.1, 0.15) is 24.0 Å². The Kier molecular flexibility index (Phi) is 7.30. The number of halogens is 1. The van der Waals surface area contributed by atoms with Gasteiger partial charge in [0.2, 0.25) is 5.91 Å². The summed E-state index contributed by atoms with van der Waals surface area (Å²) >= 11 is 1.59. The lowest BCUT2D eigenvalue weighted by Crippen LogP contribution is -2.41. The summed E-state index contributed by atoms with van der Waals surface area (Å²) in [6, 6.07) is 0. The zero-order chi connectivity index (χ0) is 12.8. The van der Waals surface area contributed by atoms with Crippen molar-refractivity contribution >= 4 is 29.7 Å². The summed E-state index contributed by atoms with van der Waals surface area (Å²) in [5, 5.41) is 9.09. The molecule has 1 saturated heterocycles. The van der Waals surface area contributed by atoms with Gasteiger partial charge in [0.1, 0.15) is 5.01 Å². The molecule has 1 aromatic heterocycles. The highest BCUT2D eigenvalue weighted by molar-refractivity contribution is 7.09. The molecule has 5 nitrogen and oxygen atoms in total. The van der Waals surface area contributed by atoms with Crippen molar-refractivity contribution in [2.75, 3.05) is 19.7 Å². The summed E-state index contributed by atoms with van der Waals surface area (Å²) < 4.78 is 5.49. The summed E-state index contributed by atoms with van der Waals surface area (Å²) in [5.74, 6) is 0.0250. The third-order valence-corrected chi connectivity index (χ3v) is 3.71. The number of aromatic nitrogens is 1. The van der Waals surface area contributed by atoms with Crippen LogP contribution < -0.4 is 10.6 Å². The SMILES string of the molecule is CCc1csc(CNC(=O)CC2CNCCO2)n1.Cl. The number of nitrogens with zero attached hydrogens (tertiary/aromatic N) is 1. The van der Waals surface area contributed by atoms with Crippen molar-refractivity contribution in [3.63, 3.8) is 0 Å². The number of carbonyl (C=O) groups excluding carboxylic acids is 1. The van der Waals surface area contributed by atoms with E-state index >= 15 is 0 Å². The van der Waals surface area contributed by atoms with Crippen LogP contribution in [0.3, 0.4) is 0 Å². The standard InChI is InChI=1S/C12H19N3O2S.ClH/c1-2-9-8-18-12(15-9)7-14-11(16)5-10-6-13-3-4-17-10;/h8,10,13H,2-7H2,1H3,(H,14,16);1H. The Labute approximate surface area is 123 Å². The Morgan fingerprint density at radius 2 is 2.53 bits per heavy atom. The van der Waals surface area contributed by atoms with Gasteiger partial charge in [-0.3, -0.25) is 4.79 Å². The minimum Gasteiger partial charge on any atom is -0.375 e. The topological polar surface area (TPSA) is 63.2 Å². The number of amides is 1. The van der Waals surface area contributed by atoms with Gasteiger partial charge in [0.05, 0.1) is 31.4 Å². The molecule has 0 bridgehead atoms. The molecule has 0 saturated carbocycles. The highest BCUT2D eigenvalue weighted by Crippen LogP contribution is 2.10. The van der Waals surface area contributed by atoms with Crippen molar-refractivity contribution in [2.45, 2.75) is 32.4 Å². The van der Waals surface area contributed by atoms with Gasteiger partial charge in [-0.15, -0.1) is 23.7 Å². The predicted octanol–water partition coefficient (Wildman–Crippen LogP) is 1.12. The van der Waals surface area contributed by atoms with Gasteiger partial charge in [0.25, 0.3) is 0 Å². The van der Waals surface area contributed by atoms with Crippen LogP contribution in [0.4, 0.5) is 0 Å². The fourth-order valence-electron chi connectivity index (χ4n) is 1.80. The Bertz CT molecular complexity index is 394. The number of carbonyl (C=O) groups is 1. The van der Waals surface area contributed by atoms with Gasteiger partial charge in [-0.25, -0.2) is 4.98 Å². The molecule has 7 heteroatoms. The number of aryl methyl sites for hydroxylation is 1. The summed E-state index contributed by atoms with van der Waals surface area (Å²) in [6.45, 7) is 4.90. The fraction of sp³-hybridized carbons (Fsp3) is 0.667. The van der Waals surface area contributed by atoms with E-state index in [1.165, 1.54) is 0 Å². The predicted molar refractivity (Wildman–Crippen MR) is 77.8 cm³/mol. The van der Waals surface area contributed by atoms with Gasteiger partial charge in [-0.1, -0.05) is 6.92 Å². The van der Waals surface area contributed by atoms with Crippen LogP contribution in [-0.4, -0.2) is 36.7 Å². The molecule has 0 spiro atoms. The van der Waals surface area contributed by atoms with Crippen molar-refractivity contribution in [2.24, 2.45) is 0 Å². The largest absolute Gasteiger partial charge is 0.375 e. The molecule has 1 aliphatic heterocycles. The van der Waals surface area contributed by atoms with Crippen molar-refractivity contribution < 1.29 is 9.53 Å². The molecule has 0 aliphatic carbocycles. The molecular weight excluding hydrogens is 286 g/mol. The maximum absolute atomic E-state index is 11.7. The van der Waals surface area contributed by atoms with Crippen LogP contribution in [0.5, 0.6) is 0 Å². The summed E-state index contributed by atoms with van der Waals surface area (Å²) in [4.78, 5) is 16.1. The van der Waals surface area contributed by atoms with E-state index in [-0.39, 0.29) is 24.4 Å². The molecule has 2 rings (SSSR count). The van der Waals surface area contributed by atoms with E-state index in [0.717, 1.165) is 30.2 Å². The number of rotatable bonds is 5. The molecular formula is C12H20ClN3O2S. The zero-order valence-electron chi connectivity index (χ0n) is 11.0. The molecule has 19 heavy (non-hydrogen) atoms. The highest BCUT2D eigenvalue weighted by Gasteiger charge is 2.17. The van der Waals surface area contributed by atoms with Gasteiger partial charge in [0.15, 0.2) is 0 Å². The van der Waals surface area contributed by atoms with Crippen LogP contribution in [0.15, 0.2) is 5.38 Å². The summed E-state index contributed by atoms with van der Waals surface area (Å²) in [6.07, 6.45) is 1.35. The average Bonchev–Trinajstić information content (AvgIpc) is 2.85. The first-order valence-electron chi connectivity index (χ1n) is 6.30. The molecule has 1 aromatic rings. The van der Waals surface area contributed by atoms with Crippen LogP contribution in [0.2, 0.25) is 0 Å². The Morgan fingerprint density at radius 1 is 1.68 bits per heavy atom. The number of nitrogens with one attached hydrogen (secondary N) is 2. The second-order valence-electron chi connectivity index (χ2n) is 4.26. The third kappa shape index (κ3) is 5.44. The smallest absolute Gasteiger partial charge is 0.223 e. The van der Waals surface area contributed by atoms with Crippen LogP contribution in [-0.2, 0) is 22.5 Å². The van der Waals surface area contributed by atoms with E-state index in [2.05, 4.69) is 22.5 Å². The van der Waals surface area contributed by atoms with Gasteiger partial charge in [-0.2, -0.15) is 0 Å². The molecule has 1 atom stereocenters. The Morgan fingerprint density at radius 3 is 3.16 bits per heavy atom. The van der Waals surface area contributed by atoms with Crippen LogP contribution in [0.25, 0.3) is 0 Å². The zero-order valence-corrected chi connectivity index (χ0v) is 12.6. The molecule has 0 radical (unpaired) electrons. The van der Waals surface area contributed by atoms with E-state index in [4.69, 9.17) is 4.74 Å². The second-order valence-corrected chi connectivity index (χ2v) is 5.21. The lowest BCUT2D eigenvalue weighted by atomic mass is 10.2. The monoisotopic (exact) mass is 305 g/mol. The Balaban J connectivity index is 0.00000180. The molecule has 2 heterocycles. The maximum Gasteiger partial charge on any atom is 0.223 e. The number of hydrogen-bond donors (Lipinski definition) is 2. The van der Waals surface area contributed by atoms with Gasteiger partial charge >= 0.3 is 0 Å². The number of morpholine rings is 1. The molecule has 2 N–H and O–H groups in total. The lowest BCUT2D eigenvalue weighted by Gasteiger charge is -2.22. The van der Waals surface area contributed by atoms with Crippen molar-refractivity contribution in [1.29, 1.82) is 0 Å². The Hall–Kier alpha value is -0.690. The molecule has 1 amide bonds. The van der Waals surface area contributed by atoms with E-state index in [1.54, 1.807) is 11.3 Å². The quantitative estimate of drug-likeness (QED) is 0.856. The minimum absolute atomic E-state index is 0. The highest BCUT2D eigenvalue weighted by atomic mass is 35.5. The van der Waals surface area contributed by atoms with Crippen LogP contribution in [0, 0.1) is 0 Å². The normalized spacial score (nSPS) is 18.7. The molecule has 0 aromatic carbocycles. The molecule has 108 valence electrons. The number of ether oxygens (including phenoxy) is 1.